The average molecular weight is 763 g/mol. The molecule has 8 nitrogen and oxygen atoms in total. The van der Waals surface area contributed by atoms with Gasteiger partial charge < -0.3 is 37.9 Å². The van der Waals surface area contributed by atoms with Crippen molar-refractivity contribution in [3.63, 3.8) is 0 Å². The summed E-state index contributed by atoms with van der Waals surface area (Å²) in [7, 11) is 0. The first-order valence-electron chi connectivity index (χ1n) is 20.6. The van der Waals surface area contributed by atoms with E-state index in [9.17, 15) is 0 Å². The quantitative estimate of drug-likeness (QED) is 0.0826. The van der Waals surface area contributed by atoms with Gasteiger partial charge in [0.25, 0.3) is 0 Å². The Labute approximate surface area is 332 Å². The van der Waals surface area contributed by atoms with Crippen molar-refractivity contribution in [3.05, 3.63) is 116 Å². The van der Waals surface area contributed by atoms with Gasteiger partial charge in [-0.1, -0.05) is 77.1 Å². The van der Waals surface area contributed by atoms with E-state index in [1.54, 1.807) is 0 Å². The monoisotopic (exact) mass is 762 g/mol. The number of epoxide rings is 4. The molecule has 298 valence electrons. The molecule has 56 heavy (non-hydrogen) atoms. The smallest absolute Gasteiger partial charge is 0.127 e. The van der Waals surface area contributed by atoms with Crippen LogP contribution in [-0.2, 0) is 31.8 Å². The van der Waals surface area contributed by atoms with E-state index in [4.69, 9.17) is 37.9 Å². The van der Waals surface area contributed by atoms with Gasteiger partial charge in [-0.3, -0.25) is 0 Å². The summed E-state index contributed by atoms with van der Waals surface area (Å²) >= 11 is 0. The summed E-state index contributed by atoms with van der Waals surface area (Å²) in [4.78, 5) is 0. The molecule has 0 bridgehead atoms. The second-order valence-electron chi connectivity index (χ2n) is 16.5. The van der Waals surface area contributed by atoms with Crippen LogP contribution >= 0.6 is 0 Å². The van der Waals surface area contributed by atoms with Gasteiger partial charge in [0.15, 0.2) is 0 Å². The van der Waals surface area contributed by atoms with Gasteiger partial charge in [-0.05, 0) is 88.9 Å². The lowest BCUT2D eigenvalue weighted by atomic mass is 9.79. The van der Waals surface area contributed by atoms with E-state index < -0.39 is 0 Å². The molecule has 6 unspecified atom stereocenters. The summed E-state index contributed by atoms with van der Waals surface area (Å²) in [6, 6.07) is 22.3. The van der Waals surface area contributed by atoms with Crippen LogP contribution in [0.3, 0.4) is 0 Å². The fourth-order valence-corrected chi connectivity index (χ4v) is 7.63. The number of aryl methyl sites for hydroxylation is 3. The summed E-state index contributed by atoms with van der Waals surface area (Å²) in [6.07, 6.45) is 2.28. The molecule has 4 aliphatic heterocycles. The highest BCUT2D eigenvalue weighted by molar-refractivity contribution is 5.60. The predicted molar refractivity (Wildman–Crippen MR) is 217 cm³/mol. The lowest BCUT2D eigenvalue weighted by Crippen LogP contribution is -2.16. The lowest BCUT2D eigenvalue weighted by molar-refractivity contribution is 0.257. The minimum Gasteiger partial charge on any atom is -0.491 e. The van der Waals surface area contributed by atoms with Crippen LogP contribution in [0.5, 0.6) is 23.0 Å². The van der Waals surface area contributed by atoms with Crippen LogP contribution in [0.25, 0.3) is 0 Å². The van der Waals surface area contributed by atoms with Crippen molar-refractivity contribution in [2.45, 2.75) is 103 Å². The van der Waals surface area contributed by atoms with Crippen LogP contribution in [0.2, 0.25) is 0 Å². The molecule has 4 aromatic carbocycles. The molecular weight excluding hydrogens is 705 g/mol. The van der Waals surface area contributed by atoms with Crippen molar-refractivity contribution in [3.8, 4) is 23.0 Å². The molecule has 4 fully saturated rings. The van der Waals surface area contributed by atoms with E-state index in [0.717, 1.165) is 67.0 Å². The first kappa shape index (κ1) is 38.8. The van der Waals surface area contributed by atoms with Crippen LogP contribution < -0.4 is 18.9 Å². The first-order valence-corrected chi connectivity index (χ1v) is 20.6. The van der Waals surface area contributed by atoms with Crippen molar-refractivity contribution in [1.82, 2.24) is 0 Å². The number of rotatable bonds is 20. The van der Waals surface area contributed by atoms with Gasteiger partial charge in [-0.25, -0.2) is 0 Å². The van der Waals surface area contributed by atoms with E-state index in [2.05, 4.69) is 109 Å². The Morgan fingerprint density at radius 2 is 1.02 bits per heavy atom. The summed E-state index contributed by atoms with van der Waals surface area (Å²) in [5, 5.41) is 0. The van der Waals surface area contributed by atoms with Gasteiger partial charge in [0.05, 0.1) is 26.4 Å². The molecule has 8 heteroatoms. The Bertz CT molecular complexity index is 2010. The van der Waals surface area contributed by atoms with Gasteiger partial charge in [0.2, 0.25) is 0 Å². The number of benzene rings is 4. The fourth-order valence-electron chi connectivity index (χ4n) is 7.63. The van der Waals surface area contributed by atoms with Crippen molar-refractivity contribution in [2.24, 2.45) is 0 Å². The summed E-state index contributed by atoms with van der Waals surface area (Å²) < 4.78 is 47.9. The van der Waals surface area contributed by atoms with E-state index in [1.807, 2.05) is 0 Å². The fraction of sp³-hybridized carbons (Fsp3) is 0.500. The molecular formula is C48H58O8. The highest BCUT2D eigenvalue weighted by Crippen LogP contribution is 2.46. The SMILES string of the molecule is CCc1cc(C(C)c2ccc(OCC3CO3)c(C)c2)c(OCC2CO2)c(C(C)c2ccc(OCC3CO3)c(C)c2)c1Cc1cc(C(C)C)ccc1OCC1CO1. The van der Waals surface area contributed by atoms with Crippen LogP contribution in [0.1, 0.15) is 108 Å². The summed E-state index contributed by atoms with van der Waals surface area (Å²) in [6.45, 7) is 20.9. The van der Waals surface area contributed by atoms with Gasteiger partial charge >= 0.3 is 0 Å². The van der Waals surface area contributed by atoms with Crippen molar-refractivity contribution >= 4 is 0 Å². The zero-order chi connectivity index (χ0) is 38.9. The molecule has 0 N–H and O–H groups in total. The number of hydrogen-bond acceptors (Lipinski definition) is 8. The maximum Gasteiger partial charge on any atom is 0.127 e. The molecule has 4 aromatic rings. The zero-order valence-corrected chi connectivity index (χ0v) is 34.2. The molecule has 0 amide bonds. The van der Waals surface area contributed by atoms with Crippen LogP contribution in [0.15, 0.2) is 60.7 Å². The number of hydrogen-bond donors (Lipinski definition) is 0. The predicted octanol–water partition coefficient (Wildman–Crippen LogP) is 8.99. The van der Waals surface area contributed by atoms with Crippen molar-refractivity contribution in [2.75, 3.05) is 52.9 Å². The van der Waals surface area contributed by atoms with Crippen LogP contribution in [0.4, 0.5) is 0 Å². The van der Waals surface area contributed by atoms with E-state index in [1.165, 1.54) is 44.5 Å². The molecule has 4 saturated heterocycles. The average Bonchev–Trinajstić information content (AvgIpc) is 4.00. The first-order chi connectivity index (χ1) is 27.1. The highest BCUT2D eigenvalue weighted by Gasteiger charge is 2.32. The Morgan fingerprint density at radius 3 is 1.50 bits per heavy atom. The normalized spacial score (nSPS) is 21.7. The largest absolute Gasteiger partial charge is 0.491 e. The molecule has 8 rings (SSSR count). The topological polar surface area (TPSA) is 87.0 Å². The maximum absolute atomic E-state index is 7.04. The number of ether oxygens (including phenoxy) is 8. The van der Waals surface area contributed by atoms with Gasteiger partial charge in [-0.15, -0.1) is 0 Å². The third kappa shape index (κ3) is 9.37. The second-order valence-corrected chi connectivity index (χ2v) is 16.5. The van der Waals surface area contributed by atoms with E-state index in [0.29, 0.717) is 38.8 Å². The second kappa shape index (κ2) is 16.8. The summed E-state index contributed by atoms with van der Waals surface area (Å²) in [5.41, 5.74) is 12.2. The van der Waals surface area contributed by atoms with E-state index >= 15 is 0 Å². The highest BCUT2D eigenvalue weighted by atomic mass is 16.6. The third-order valence-corrected chi connectivity index (χ3v) is 11.6. The van der Waals surface area contributed by atoms with Gasteiger partial charge in [0.1, 0.15) is 73.8 Å². The van der Waals surface area contributed by atoms with Gasteiger partial charge in [-0.2, -0.15) is 0 Å². The Balaban J connectivity index is 1.24. The Hall–Kier alpha value is -4.08. The molecule has 4 aliphatic rings. The maximum atomic E-state index is 7.04. The van der Waals surface area contributed by atoms with Crippen molar-refractivity contribution < 1.29 is 37.9 Å². The van der Waals surface area contributed by atoms with Crippen LogP contribution in [-0.4, -0.2) is 77.3 Å². The molecule has 0 aliphatic carbocycles. The standard InChI is InChI=1S/C48H58O8/c1-8-33-18-42(31(6)35-10-12-44(29(4)15-35)53-24-38-20-49-38)48(56-27-41-23-52-41)47(32(7)36-11-13-45(30(5)16-36)54-25-39-21-50-39)43(33)19-37-17-34(28(2)3)9-14-46(37)55-26-40-22-51-40/h9-18,28,31-32,38-41H,8,19-27H2,1-7H3. The molecule has 0 aromatic heterocycles. The van der Waals surface area contributed by atoms with E-state index in [-0.39, 0.29) is 36.3 Å². The lowest BCUT2D eigenvalue weighted by Gasteiger charge is -2.29. The molecule has 6 atom stereocenters. The minimum atomic E-state index is 0.0109. The summed E-state index contributed by atoms with van der Waals surface area (Å²) in [5.74, 6) is 4.12. The van der Waals surface area contributed by atoms with Gasteiger partial charge in [0, 0.05) is 29.4 Å². The Morgan fingerprint density at radius 1 is 0.554 bits per heavy atom. The van der Waals surface area contributed by atoms with Crippen molar-refractivity contribution in [1.29, 1.82) is 0 Å². The third-order valence-electron chi connectivity index (χ3n) is 11.6. The molecule has 0 saturated carbocycles. The molecule has 4 heterocycles. The molecule has 0 spiro atoms. The minimum absolute atomic E-state index is 0.0109. The zero-order valence-electron chi connectivity index (χ0n) is 34.2. The van der Waals surface area contributed by atoms with Crippen LogP contribution in [0, 0.1) is 13.8 Å². The molecule has 0 radical (unpaired) electrons. The Kier molecular flexibility index (Phi) is 11.6.